The lowest BCUT2D eigenvalue weighted by atomic mass is 9.75. The summed E-state index contributed by atoms with van der Waals surface area (Å²) in [4.78, 5) is 19.2. The minimum atomic E-state index is 0.0549. The maximum Gasteiger partial charge on any atom is 0.159 e. The van der Waals surface area contributed by atoms with E-state index in [0.29, 0.717) is 11.8 Å². The number of hydrogen-bond donors (Lipinski definition) is 0. The normalized spacial score (nSPS) is 21.0. The average molecular weight is 771 g/mol. The van der Waals surface area contributed by atoms with Gasteiger partial charge in [0, 0.05) is 35.9 Å². The van der Waals surface area contributed by atoms with Gasteiger partial charge in [-0.3, -0.25) is 0 Å². The molecule has 2 aromatic carbocycles. The summed E-state index contributed by atoms with van der Waals surface area (Å²) < 4.78 is 7.66. The van der Waals surface area contributed by atoms with Crippen molar-refractivity contribution in [2.24, 2.45) is 23.7 Å². The van der Waals surface area contributed by atoms with Crippen molar-refractivity contribution in [3.63, 3.8) is 0 Å². The summed E-state index contributed by atoms with van der Waals surface area (Å²) in [5.41, 5.74) is 7.23. The van der Waals surface area contributed by atoms with Gasteiger partial charge in [0.2, 0.25) is 0 Å². The van der Waals surface area contributed by atoms with Crippen molar-refractivity contribution in [1.82, 2.24) is 19.9 Å². The van der Waals surface area contributed by atoms with E-state index >= 15 is 0 Å². The SMILES string of the molecule is CCCCCCc1cnc(-c2ccc(C(OC(c3ccc(-c4ncc(CCCCCC)cn4)cc3)C3CCC(CCC)CC3)C3CCC(CCC)CC3)cc2)nc1. The Morgan fingerprint density at radius 3 is 1.16 bits per heavy atom. The topological polar surface area (TPSA) is 60.8 Å². The lowest BCUT2D eigenvalue weighted by Gasteiger charge is -2.40. The van der Waals surface area contributed by atoms with E-state index in [1.165, 1.54) is 151 Å². The molecule has 0 radical (unpaired) electrons. The predicted molar refractivity (Wildman–Crippen MR) is 238 cm³/mol. The van der Waals surface area contributed by atoms with Crippen LogP contribution >= 0.6 is 0 Å². The van der Waals surface area contributed by atoms with E-state index in [1.54, 1.807) is 0 Å². The van der Waals surface area contributed by atoms with Crippen LogP contribution in [-0.4, -0.2) is 19.9 Å². The number of rotatable bonds is 22. The first-order valence-corrected chi connectivity index (χ1v) is 23.6. The van der Waals surface area contributed by atoms with E-state index in [0.717, 1.165) is 47.5 Å². The summed E-state index contributed by atoms with van der Waals surface area (Å²) >= 11 is 0. The van der Waals surface area contributed by atoms with Crippen LogP contribution < -0.4 is 0 Å². The standard InChI is InChI=1S/C52H74N4O/c1-5-9-11-13-17-41-35-53-51(54-36-41)47-31-27-45(28-32-47)49(43-23-19-39(15-7-3)20-24-43)57-50(44-25-21-40(16-8-4)22-26-44)46-29-33-48(34-30-46)52-55-37-42(38-56-52)18-14-12-10-6-2/h27-40,43-44,49-50H,5-26H2,1-4H3. The number of hydrogen-bond acceptors (Lipinski definition) is 5. The van der Waals surface area contributed by atoms with Crippen molar-refractivity contribution in [3.05, 3.63) is 95.6 Å². The predicted octanol–water partition coefficient (Wildman–Crippen LogP) is 14.9. The molecule has 2 saturated carbocycles. The van der Waals surface area contributed by atoms with Crippen LogP contribution in [0, 0.1) is 23.7 Å². The summed E-state index contributed by atoms with van der Waals surface area (Å²) in [6.07, 6.45) is 35.9. The van der Waals surface area contributed by atoms with Gasteiger partial charge in [-0.25, -0.2) is 19.9 Å². The largest absolute Gasteiger partial charge is 0.365 e. The Bertz CT molecular complexity index is 1540. The Morgan fingerprint density at radius 2 is 0.825 bits per heavy atom. The first-order chi connectivity index (χ1) is 28.1. The number of nitrogens with zero attached hydrogens (tertiary/aromatic N) is 4. The lowest BCUT2D eigenvalue weighted by Crippen LogP contribution is -2.28. The zero-order valence-electron chi connectivity index (χ0n) is 36.1. The van der Waals surface area contributed by atoms with Crippen molar-refractivity contribution >= 4 is 0 Å². The third-order valence-corrected chi connectivity index (χ3v) is 13.4. The van der Waals surface area contributed by atoms with Gasteiger partial charge in [-0.2, -0.15) is 0 Å². The molecule has 2 aliphatic rings. The van der Waals surface area contributed by atoms with Crippen LogP contribution in [0.5, 0.6) is 0 Å². The highest BCUT2D eigenvalue weighted by atomic mass is 16.5. The second-order valence-corrected chi connectivity index (χ2v) is 17.8. The minimum Gasteiger partial charge on any atom is -0.365 e. The molecule has 0 aliphatic heterocycles. The van der Waals surface area contributed by atoms with Gasteiger partial charge in [0.05, 0.1) is 12.2 Å². The molecule has 2 aromatic heterocycles. The summed E-state index contributed by atoms with van der Waals surface area (Å²) in [7, 11) is 0. The first-order valence-electron chi connectivity index (χ1n) is 23.6. The fraction of sp³-hybridized carbons (Fsp3) is 0.615. The van der Waals surface area contributed by atoms with E-state index in [9.17, 15) is 0 Å². The molecule has 2 unspecified atom stereocenters. The Morgan fingerprint density at radius 1 is 0.456 bits per heavy atom. The summed E-state index contributed by atoms with van der Waals surface area (Å²) in [6.45, 7) is 9.20. The summed E-state index contributed by atoms with van der Waals surface area (Å²) in [6, 6.07) is 18.2. The van der Waals surface area contributed by atoms with E-state index in [4.69, 9.17) is 24.7 Å². The smallest absolute Gasteiger partial charge is 0.159 e. The van der Waals surface area contributed by atoms with Gasteiger partial charge in [-0.05, 0) is 97.3 Å². The molecule has 57 heavy (non-hydrogen) atoms. The van der Waals surface area contributed by atoms with Crippen molar-refractivity contribution < 1.29 is 4.74 Å². The van der Waals surface area contributed by atoms with Crippen LogP contribution in [0.1, 0.15) is 191 Å². The Balaban J connectivity index is 1.23. The number of aromatic nitrogens is 4. The van der Waals surface area contributed by atoms with Crippen LogP contribution in [-0.2, 0) is 17.6 Å². The molecule has 0 saturated heterocycles. The van der Waals surface area contributed by atoms with Gasteiger partial charge in [-0.15, -0.1) is 0 Å². The third kappa shape index (κ3) is 12.8. The van der Waals surface area contributed by atoms with Crippen LogP contribution in [0.2, 0.25) is 0 Å². The van der Waals surface area contributed by atoms with Crippen molar-refractivity contribution in [1.29, 1.82) is 0 Å². The minimum absolute atomic E-state index is 0.0549. The second kappa shape index (κ2) is 23.2. The molecule has 308 valence electrons. The summed E-state index contributed by atoms with van der Waals surface area (Å²) in [5, 5.41) is 0. The first kappa shape index (κ1) is 43.1. The molecular weight excluding hydrogens is 697 g/mol. The van der Waals surface area contributed by atoms with E-state index in [2.05, 4.69) is 76.2 Å². The molecule has 5 nitrogen and oxygen atoms in total. The van der Waals surface area contributed by atoms with E-state index in [1.807, 2.05) is 24.8 Å². The number of benzene rings is 2. The maximum atomic E-state index is 7.66. The molecule has 5 heteroatoms. The molecule has 2 atom stereocenters. The molecule has 2 fully saturated rings. The van der Waals surface area contributed by atoms with E-state index in [-0.39, 0.29) is 12.2 Å². The van der Waals surface area contributed by atoms with Gasteiger partial charge in [0.1, 0.15) is 0 Å². The zero-order valence-corrected chi connectivity index (χ0v) is 36.1. The average Bonchev–Trinajstić information content (AvgIpc) is 3.26. The monoisotopic (exact) mass is 771 g/mol. The van der Waals surface area contributed by atoms with Crippen LogP contribution in [0.25, 0.3) is 22.8 Å². The Hall–Kier alpha value is -3.44. The Kier molecular flexibility index (Phi) is 17.6. The number of ether oxygens (including phenoxy) is 1. The zero-order chi connectivity index (χ0) is 39.7. The third-order valence-electron chi connectivity index (χ3n) is 13.4. The van der Waals surface area contributed by atoms with Gasteiger partial charge >= 0.3 is 0 Å². The van der Waals surface area contributed by atoms with Crippen molar-refractivity contribution in [2.45, 2.75) is 181 Å². The number of unbranched alkanes of at least 4 members (excludes halogenated alkanes) is 6. The van der Waals surface area contributed by atoms with Crippen LogP contribution in [0.3, 0.4) is 0 Å². The second-order valence-electron chi connectivity index (χ2n) is 17.8. The quantitative estimate of drug-likeness (QED) is 0.0745. The molecule has 4 aromatic rings. The highest BCUT2D eigenvalue weighted by molar-refractivity contribution is 5.56. The van der Waals surface area contributed by atoms with Crippen LogP contribution in [0.4, 0.5) is 0 Å². The molecule has 6 rings (SSSR count). The fourth-order valence-corrected chi connectivity index (χ4v) is 9.88. The molecule has 0 spiro atoms. The molecule has 2 aliphatic carbocycles. The van der Waals surface area contributed by atoms with Gasteiger partial charge < -0.3 is 4.74 Å². The lowest BCUT2D eigenvalue weighted by molar-refractivity contribution is -0.0907. The highest BCUT2D eigenvalue weighted by Gasteiger charge is 2.36. The van der Waals surface area contributed by atoms with Gasteiger partial charge in [-0.1, -0.05) is 166 Å². The molecular formula is C52H74N4O. The number of aryl methyl sites for hydroxylation is 2. The molecule has 0 amide bonds. The molecule has 0 N–H and O–H groups in total. The van der Waals surface area contributed by atoms with E-state index < -0.39 is 0 Å². The Labute approximate surface area is 346 Å². The molecule has 0 bridgehead atoms. The van der Waals surface area contributed by atoms with Gasteiger partial charge in [0.25, 0.3) is 0 Å². The fourth-order valence-electron chi connectivity index (χ4n) is 9.88. The summed E-state index contributed by atoms with van der Waals surface area (Å²) in [5.74, 6) is 4.36. The highest BCUT2D eigenvalue weighted by Crippen LogP contribution is 2.47. The van der Waals surface area contributed by atoms with Crippen LogP contribution in [0.15, 0.2) is 73.3 Å². The maximum absolute atomic E-state index is 7.66. The van der Waals surface area contributed by atoms with Crippen molar-refractivity contribution in [3.8, 4) is 22.8 Å². The van der Waals surface area contributed by atoms with Crippen molar-refractivity contribution in [2.75, 3.05) is 0 Å². The molecule has 2 heterocycles. The van der Waals surface area contributed by atoms with Gasteiger partial charge in [0.15, 0.2) is 11.6 Å².